The average Bonchev–Trinajstić information content (AvgIpc) is 2.06. The van der Waals surface area contributed by atoms with Crippen LogP contribution in [0.2, 0.25) is 5.02 Å². The average molecular weight is 298 g/mol. The van der Waals surface area contributed by atoms with E-state index in [1.165, 1.54) is 0 Å². The third kappa shape index (κ3) is 9.79. The van der Waals surface area contributed by atoms with E-state index in [9.17, 15) is 13.3 Å². The maximum absolute atomic E-state index is 10.3. The van der Waals surface area contributed by atoms with Crippen LogP contribution in [-0.4, -0.2) is 19.1 Å². The second-order valence-corrected chi connectivity index (χ2v) is 6.44. The molecule has 1 aromatic carbocycles. The van der Waals surface area contributed by atoms with Crippen molar-refractivity contribution in [3.63, 3.8) is 0 Å². The van der Waals surface area contributed by atoms with Crippen molar-refractivity contribution in [2.75, 3.05) is 5.75 Å². The van der Waals surface area contributed by atoms with Crippen LogP contribution in [0.5, 0.6) is 0 Å². The topological polar surface area (TPSA) is 63.2 Å². The number of aryl methyl sites for hydroxylation is 1. The van der Waals surface area contributed by atoms with Gasteiger partial charge in [-0.1, -0.05) is 23.7 Å². The van der Waals surface area contributed by atoms with E-state index in [0.717, 1.165) is 5.56 Å². The molecule has 3 nitrogen and oxygen atoms in total. The molecule has 78 valence electrons. The molecule has 0 saturated carbocycles. The van der Waals surface area contributed by atoms with Crippen LogP contribution in [0.15, 0.2) is 24.3 Å². The van der Waals surface area contributed by atoms with E-state index in [4.69, 9.17) is 11.6 Å². The smallest absolute Gasteiger partial charge is 0.746 e. The molecule has 0 aliphatic heterocycles. The maximum Gasteiger partial charge on any atom is 1.00 e. The van der Waals surface area contributed by atoms with Gasteiger partial charge in [-0.05, 0) is 17.7 Å². The van der Waals surface area contributed by atoms with Crippen LogP contribution in [0.4, 0.5) is 0 Å². The Morgan fingerprint density at radius 2 is 1.69 bits per heavy atom. The molecule has 0 radical (unpaired) electrons. The van der Waals surface area contributed by atoms with Crippen LogP contribution >= 0.6 is 11.6 Å². The van der Waals surface area contributed by atoms with Crippen LogP contribution in [0, 0.1) is 0 Å². The quantitative estimate of drug-likeness (QED) is 0.417. The van der Waals surface area contributed by atoms with Crippen LogP contribution < -0.4 is 59.1 Å². The normalized spacial score (nSPS) is 9.94. The molecule has 16 heavy (non-hydrogen) atoms. The summed E-state index contributed by atoms with van der Waals surface area (Å²) in [5, 5.41) is 0.637. The van der Waals surface area contributed by atoms with E-state index < -0.39 is 9.05 Å². The second kappa shape index (κ2) is 9.69. The van der Waals surface area contributed by atoms with E-state index >= 15 is 0 Å². The number of halogens is 1. The first-order valence-electron chi connectivity index (χ1n) is 3.82. The number of hydrogen-bond donors (Lipinski definition) is 0. The predicted octanol–water partition coefficient (Wildman–Crippen LogP) is -4.57. The van der Waals surface area contributed by atoms with Gasteiger partial charge in [-0.25, -0.2) is 4.21 Å². The zero-order chi connectivity index (χ0) is 10.6. The molecule has 0 bridgehead atoms. The van der Waals surface area contributed by atoms with Crippen LogP contribution in [0.3, 0.4) is 0 Å². The molecule has 0 heterocycles. The largest absolute Gasteiger partial charge is 1.00 e. The molecule has 0 atom stereocenters. The fraction of sp³-hybridized carbons (Fsp3) is 0.250. The van der Waals surface area contributed by atoms with Crippen molar-refractivity contribution in [3.05, 3.63) is 34.9 Å². The Bertz CT molecular complexity index is 408. The first kappa shape index (κ1) is 20.1. The SMILES string of the molecule is O=S([O-])([O-])=[S+]CCc1ccc(Cl)cc1.[Na+].[Na+]. The molecule has 8 heteroatoms. The summed E-state index contributed by atoms with van der Waals surface area (Å²) in [5.41, 5.74) is 0.963. The van der Waals surface area contributed by atoms with Crippen LogP contribution in [0.25, 0.3) is 0 Å². The minimum atomic E-state index is -4.16. The van der Waals surface area contributed by atoms with Crippen molar-refractivity contribution in [2.45, 2.75) is 6.42 Å². The minimum Gasteiger partial charge on any atom is -0.746 e. The van der Waals surface area contributed by atoms with Gasteiger partial charge in [-0.15, -0.1) is 0 Å². The van der Waals surface area contributed by atoms with Crippen molar-refractivity contribution in [3.8, 4) is 0 Å². The number of benzene rings is 1. The van der Waals surface area contributed by atoms with Crippen molar-refractivity contribution < 1.29 is 72.4 Å². The molecule has 0 aliphatic rings. The standard InChI is InChI=1S/C8H9ClO3S2.2Na/c9-8-3-1-7(2-4-8)5-6-13-14(10,11)12;;/h1-4H,5-6H2,(H-,10,11,12);;/q;2*+1/p-1. The molecule has 0 fully saturated rings. The second-order valence-electron chi connectivity index (χ2n) is 2.61. The van der Waals surface area contributed by atoms with Crippen LogP contribution in [-0.2, 0) is 25.8 Å². The van der Waals surface area contributed by atoms with E-state index in [2.05, 4.69) is 0 Å². The first-order valence-corrected chi connectivity index (χ1v) is 7.11. The summed E-state index contributed by atoms with van der Waals surface area (Å²) in [5.74, 6) is 0.271. The summed E-state index contributed by atoms with van der Waals surface area (Å²) in [7, 11) is -3.75. The van der Waals surface area contributed by atoms with Gasteiger partial charge >= 0.3 is 59.1 Å². The summed E-state index contributed by atoms with van der Waals surface area (Å²) in [6, 6.07) is 7.07. The van der Waals surface area contributed by atoms with Gasteiger partial charge < -0.3 is 9.11 Å². The van der Waals surface area contributed by atoms with E-state index in [1.807, 2.05) is 0 Å². The predicted molar refractivity (Wildman–Crippen MR) is 57.1 cm³/mol. The van der Waals surface area contributed by atoms with E-state index in [1.54, 1.807) is 24.3 Å². The van der Waals surface area contributed by atoms with Crippen molar-refractivity contribution in [1.82, 2.24) is 0 Å². The van der Waals surface area contributed by atoms with Crippen molar-refractivity contribution in [1.29, 1.82) is 0 Å². The third-order valence-corrected chi connectivity index (χ3v) is 3.81. The summed E-state index contributed by atoms with van der Waals surface area (Å²) < 4.78 is 30.8. The van der Waals surface area contributed by atoms with Gasteiger partial charge in [0.2, 0.25) is 10.3 Å². The Morgan fingerprint density at radius 1 is 1.19 bits per heavy atom. The minimum absolute atomic E-state index is 0. The van der Waals surface area contributed by atoms with Crippen molar-refractivity contribution in [2.24, 2.45) is 0 Å². The van der Waals surface area contributed by atoms with Crippen LogP contribution in [0.1, 0.15) is 5.56 Å². The molecule has 0 saturated heterocycles. The molecule has 0 aliphatic carbocycles. The maximum atomic E-state index is 10.3. The first-order chi connectivity index (χ1) is 6.47. The Balaban J connectivity index is 0. The van der Waals surface area contributed by atoms with Crippen molar-refractivity contribution >= 4 is 31.0 Å². The fourth-order valence-corrected chi connectivity index (χ4v) is 2.42. The van der Waals surface area contributed by atoms with Gasteiger partial charge in [-0.3, -0.25) is 0 Å². The number of hydrogen-bond acceptors (Lipinski definition) is 3. The van der Waals surface area contributed by atoms with Gasteiger partial charge in [0.25, 0.3) is 0 Å². The molecule has 1 rings (SSSR count). The molecule has 0 unspecified atom stereocenters. The van der Waals surface area contributed by atoms with E-state index in [0.29, 0.717) is 21.8 Å². The summed E-state index contributed by atoms with van der Waals surface area (Å²) in [6.45, 7) is 0. The molecule has 0 amide bonds. The van der Waals surface area contributed by atoms with Gasteiger partial charge in [0, 0.05) is 11.4 Å². The molecule has 0 aromatic heterocycles. The molecule has 0 spiro atoms. The Kier molecular flexibility index (Phi) is 12.2. The Morgan fingerprint density at radius 3 is 2.12 bits per heavy atom. The summed E-state index contributed by atoms with van der Waals surface area (Å²) >= 11 is 5.67. The zero-order valence-corrected chi connectivity index (χ0v) is 15.5. The summed E-state index contributed by atoms with van der Waals surface area (Å²) in [4.78, 5) is 0. The molecular formula is C8H8ClNa2O3S2+. The van der Waals surface area contributed by atoms with E-state index in [-0.39, 0.29) is 64.9 Å². The molecule has 0 N–H and O–H groups in total. The van der Waals surface area contributed by atoms with Gasteiger partial charge in [-0.2, -0.15) is 0 Å². The Labute approximate surface area is 148 Å². The fourth-order valence-electron chi connectivity index (χ4n) is 0.913. The van der Waals surface area contributed by atoms with Gasteiger partial charge in [0.05, 0.1) is 9.05 Å². The molecule has 1 aromatic rings. The van der Waals surface area contributed by atoms with Gasteiger partial charge in [0.15, 0.2) is 5.75 Å². The number of rotatable bonds is 3. The zero-order valence-electron chi connectivity index (χ0n) is 9.14. The molecular weight excluding hydrogens is 290 g/mol. The van der Waals surface area contributed by atoms with Gasteiger partial charge in [0.1, 0.15) is 0 Å². The summed E-state index contributed by atoms with van der Waals surface area (Å²) in [6.07, 6.45) is 0.545. The Hall–Kier alpha value is 1.80. The third-order valence-electron chi connectivity index (χ3n) is 1.53. The monoisotopic (exact) mass is 297 g/mol.